The number of amides is 2. The number of para-hydroxylation sites is 1. The van der Waals surface area contributed by atoms with Crippen molar-refractivity contribution in [3.05, 3.63) is 64.9 Å². The second kappa shape index (κ2) is 12.7. The van der Waals surface area contributed by atoms with Crippen molar-refractivity contribution in [3.63, 3.8) is 0 Å². The molecule has 0 saturated heterocycles. The summed E-state index contributed by atoms with van der Waals surface area (Å²) in [4.78, 5) is 28.2. The van der Waals surface area contributed by atoms with Gasteiger partial charge in [0.15, 0.2) is 0 Å². The third-order valence-electron chi connectivity index (χ3n) is 6.56. The highest BCUT2D eigenvalue weighted by atomic mass is 35.5. The van der Waals surface area contributed by atoms with Crippen molar-refractivity contribution in [1.82, 2.24) is 14.5 Å². The van der Waals surface area contributed by atoms with E-state index >= 15 is 0 Å². The van der Waals surface area contributed by atoms with Gasteiger partial charge in [-0.2, -0.15) is 12.7 Å². The van der Waals surface area contributed by atoms with Crippen LogP contribution in [-0.2, 0) is 26.3 Å². The Labute approximate surface area is 223 Å². The third-order valence-corrected chi connectivity index (χ3v) is 8.73. The smallest absolute Gasteiger partial charge is 0.304 e. The molecular weight excluding hydrogens is 519 g/mol. The number of benzene rings is 2. The molecule has 0 unspecified atom stereocenters. The van der Waals surface area contributed by atoms with Crippen LogP contribution in [0, 0.1) is 5.82 Å². The molecule has 1 saturated carbocycles. The molecule has 2 amide bonds. The Kier molecular flexibility index (Phi) is 9.92. The number of anilines is 1. The molecule has 1 fully saturated rings. The van der Waals surface area contributed by atoms with Crippen LogP contribution >= 0.6 is 11.6 Å². The lowest BCUT2D eigenvalue weighted by Gasteiger charge is -2.34. The summed E-state index contributed by atoms with van der Waals surface area (Å²) < 4.78 is 42.6. The molecule has 0 spiro atoms. The maximum absolute atomic E-state index is 14.7. The molecule has 0 radical (unpaired) electrons. The minimum absolute atomic E-state index is 0.0229. The summed E-state index contributed by atoms with van der Waals surface area (Å²) in [5, 5.41) is 3.44. The topological polar surface area (TPSA) is 90.0 Å². The van der Waals surface area contributed by atoms with Gasteiger partial charge in [-0.1, -0.05) is 61.2 Å². The van der Waals surface area contributed by atoms with Gasteiger partial charge in [0.2, 0.25) is 11.8 Å². The molecule has 0 aromatic heterocycles. The van der Waals surface area contributed by atoms with Gasteiger partial charge in [-0.15, -0.1) is 0 Å². The van der Waals surface area contributed by atoms with Crippen LogP contribution < -0.4 is 9.62 Å². The first-order chi connectivity index (χ1) is 17.5. The first-order valence-corrected chi connectivity index (χ1v) is 14.1. The lowest BCUT2D eigenvalue weighted by molar-refractivity contribution is -0.139. The van der Waals surface area contributed by atoms with Gasteiger partial charge in [-0.25, -0.2) is 8.70 Å². The van der Waals surface area contributed by atoms with Crippen molar-refractivity contribution in [2.24, 2.45) is 0 Å². The van der Waals surface area contributed by atoms with Crippen LogP contribution in [0.1, 0.15) is 44.6 Å². The highest BCUT2D eigenvalue weighted by molar-refractivity contribution is 7.90. The number of carbonyl (C=O) groups is 2. The number of hydrogen-bond acceptors (Lipinski definition) is 4. The number of nitrogens with zero attached hydrogens (tertiary/aromatic N) is 3. The molecule has 11 heteroatoms. The second-order valence-corrected chi connectivity index (χ2v) is 11.9. The Morgan fingerprint density at radius 2 is 1.68 bits per heavy atom. The minimum Gasteiger partial charge on any atom is -0.352 e. The molecule has 0 bridgehead atoms. The average Bonchev–Trinajstić information content (AvgIpc) is 2.87. The lowest BCUT2D eigenvalue weighted by atomic mass is 9.95. The number of nitrogens with one attached hydrogen (secondary N) is 1. The predicted octanol–water partition coefficient (Wildman–Crippen LogP) is 3.96. The fraction of sp³-hybridized carbons (Fsp3) is 0.462. The number of hydrogen-bond donors (Lipinski definition) is 1. The van der Waals surface area contributed by atoms with Gasteiger partial charge in [0.25, 0.3) is 0 Å². The standard InChI is InChI=1S/C26H34ClFN4O4S/c1-19(26(34)29-21-12-5-4-6-13-21)31(17-20-11-7-8-14-22(20)27)25(33)18-32(37(35,36)30(2)3)24-16-10-9-15-23(24)28/h7-11,14-16,19,21H,4-6,12-13,17-18H2,1-3H3,(H,29,34)/t19-/m0/s1. The molecule has 2 aromatic carbocycles. The largest absolute Gasteiger partial charge is 0.352 e. The van der Waals surface area contributed by atoms with E-state index in [0.717, 1.165) is 46.8 Å². The van der Waals surface area contributed by atoms with E-state index in [4.69, 9.17) is 11.6 Å². The highest BCUT2D eigenvalue weighted by Gasteiger charge is 2.34. The summed E-state index contributed by atoms with van der Waals surface area (Å²) in [7, 11) is -1.64. The summed E-state index contributed by atoms with van der Waals surface area (Å²) in [5.74, 6) is -1.79. The van der Waals surface area contributed by atoms with E-state index in [-0.39, 0.29) is 24.2 Å². The van der Waals surface area contributed by atoms with Crippen molar-refractivity contribution in [1.29, 1.82) is 0 Å². The Bertz CT molecular complexity index is 1200. The monoisotopic (exact) mass is 552 g/mol. The van der Waals surface area contributed by atoms with Crippen LogP contribution in [0.5, 0.6) is 0 Å². The van der Waals surface area contributed by atoms with Gasteiger partial charge in [0.05, 0.1) is 5.69 Å². The van der Waals surface area contributed by atoms with Gasteiger partial charge < -0.3 is 10.2 Å². The zero-order valence-electron chi connectivity index (χ0n) is 21.4. The van der Waals surface area contributed by atoms with Gasteiger partial charge in [0.1, 0.15) is 18.4 Å². The van der Waals surface area contributed by atoms with E-state index in [0.29, 0.717) is 10.6 Å². The Morgan fingerprint density at radius 1 is 1.05 bits per heavy atom. The molecule has 1 atom stereocenters. The van der Waals surface area contributed by atoms with E-state index in [1.165, 1.54) is 37.2 Å². The Balaban J connectivity index is 1.94. The molecule has 1 aliphatic rings. The zero-order chi connectivity index (χ0) is 27.2. The Morgan fingerprint density at radius 3 is 2.30 bits per heavy atom. The minimum atomic E-state index is -4.24. The SMILES string of the molecule is C[C@@H](C(=O)NC1CCCCC1)N(Cc1ccccc1Cl)C(=O)CN(c1ccccc1F)S(=O)(=O)N(C)C. The number of rotatable bonds is 10. The van der Waals surface area contributed by atoms with E-state index < -0.39 is 34.5 Å². The number of halogens is 2. The fourth-order valence-electron chi connectivity index (χ4n) is 4.32. The summed E-state index contributed by atoms with van der Waals surface area (Å²) >= 11 is 6.35. The van der Waals surface area contributed by atoms with Crippen molar-refractivity contribution in [2.45, 2.75) is 57.7 Å². The molecule has 0 aliphatic heterocycles. The molecule has 1 N–H and O–H groups in total. The van der Waals surface area contributed by atoms with Crippen LogP contribution in [0.4, 0.5) is 10.1 Å². The van der Waals surface area contributed by atoms with E-state index in [1.54, 1.807) is 31.2 Å². The van der Waals surface area contributed by atoms with Crippen LogP contribution in [0.3, 0.4) is 0 Å². The third kappa shape index (κ3) is 7.21. The van der Waals surface area contributed by atoms with Crippen LogP contribution in [0.15, 0.2) is 48.5 Å². The maximum Gasteiger partial charge on any atom is 0.304 e. The first-order valence-electron chi connectivity index (χ1n) is 12.3. The summed E-state index contributed by atoms with van der Waals surface area (Å²) in [6, 6.07) is 11.4. The molecule has 8 nitrogen and oxygen atoms in total. The Hall–Kier alpha value is -2.69. The molecule has 0 heterocycles. The summed E-state index contributed by atoms with van der Waals surface area (Å²) in [6.07, 6.45) is 4.94. The van der Waals surface area contributed by atoms with Crippen molar-refractivity contribution in [3.8, 4) is 0 Å². The average molecular weight is 553 g/mol. The zero-order valence-corrected chi connectivity index (χ0v) is 22.9. The quantitative estimate of drug-likeness (QED) is 0.483. The highest BCUT2D eigenvalue weighted by Crippen LogP contribution is 2.25. The molecule has 37 heavy (non-hydrogen) atoms. The molecule has 202 valence electrons. The van der Waals surface area contributed by atoms with Crippen LogP contribution in [0.25, 0.3) is 0 Å². The van der Waals surface area contributed by atoms with Crippen LogP contribution in [-0.4, -0.2) is 62.2 Å². The normalized spacial score (nSPS) is 15.3. The predicted molar refractivity (Wildman–Crippen MR) is 143 cm³/mol. The van der Waals surface area contributed by atoms with Gasteiger partial charge in [-0.05, 0) is 43.5 Å². The van der Waals surface area contributed by atoms with Crippen molar-refractivity contribution in [2.75, 3.05) is 24.9 Å². The van der Waals surface area contributed by atoms with Crippen molar-refractivity contribution >= 4 is 39.3 Å². The van der Waals surface area contributed by atoms with Gasteiger partial charge in [-0.3, -0.25) is 9.59 Å². The molecule has 3 rings (SSSR count). The van der Waals surface area contributed by atoms with Crippen molar-refractivity contribution < 1.29 is 22.4 Å². The molecular formula is C26H34ClFN4O4S. The molecule has 2 aromatic rings. The van der Waals surface area contributed by atoms with Crippen LogP contribution in [0.2, 0.25) is 5.02 Å². The molecule has 1 aliphatic carbocycles. The lowest BCUT2D eigenvalue weighted by Crippen LogP contribution is -2.53. The second-order valence-electron chi connectivity index (χ2n) is 9.38. The summed E-state index contributed by atoms with van der Waals surface area (Å²) in [6.45, 7) is 0.874. The fourth-order valence-corrected chi connectivity index (χ4v) is 5.58. The number of carbonyl (C=O) groups excluding carboxylic acids is 2. The maximum atomic E-state index is 14.7. The first kappa shape index (κ1) is 28.9. The van der Waals surface area contributed by atoms with E-state index in [1.807, 2.05) is 0 Å². The van der Waals surface area contributed by atoms with Gasteiger partial charge in [0, 0.05) is 31.7 Å². The van der Waals surface area contributed by atoms with Gasteiger partial charge >= 0.3 is 10.2 Å². The van der Waals surface area contributed by atoms with E-state index in [9.17, 15) is 22.4 Å². The summed E-state index contributed by atoms with van der Waals surface area (Å²) in [5.41, 5.74) is 0.337. The van der Waals surface area contributed by atoms with E-state index in [2.05, 4.69) is 5.32 Å².